The number of carbonyl (C=O) groups excluding carboxylic acids is 1. The zero-order chi connectivity index (χ0) is 20.6. The number of nitrogens with zero attached hydrogens (tertiary/aromatic N) is 4. The third-order valence-electron chi connectivity index (χ3n) is 5.79. The summed E-state index contributed by atoms with van der Waals surface area (Å²) in [5, 5.41) is 9.86. The molecule has 150 valence electrons. The van der Waals surface area contributed by atoms with Crippen LogP contribution in [0.4, 0.5) is 11.5 Å². The van der Waals surface area contributed by atoms with Crippen LogP contribution in [0.1, 0.15) is 41.9 Å². The van der Waals surface area contributed by atoms with Crippen LogP contribution in [0.15, 0.2) is 30.3 Å². The van der Waals surface area contributed by atoms with Gasteiger partial charge in [0.05, 0.1) is 18.4 Å². The van der Waals surface area contributed by atoms with Gasteiger partial charge in [-0.2, -0.15) is 5.26 Å². The van der Waals surface area contributed by atoms with Gasteiger partial charge in [0.15, 0.2) is 17.4 Å². The Kier molecular flexibility index (Phi) is 4.91. The molecule has 0 radical (unpaired) electrons. The van der Waals surface area contributed by atoms with Gasteiger partial charge in [0, 0.05) is 38.3 Å². The molecular weight excluding hydrogens is 364 g/mol. The van der Waals surface area contributed by atoms with Gasteiger partial charge in [-0.1, -0.05) is 32.0 Å². The van der Waals surface area contributed by atoms with E-state index in [-0.39, 0.29) is 11.2 Å². The quantitative estimate of drug-likeness (QED) is 0.800. The minimum Gasteiger partial charge on any atom is -0.494 e. The number of hydrogen-bond donors (Lipinski definition) is 0. The predicted octanol–water partition coefficient (Wildman–Crippen LogP) is 3.44. The summed E-state index contributed by atoms with van der Waals surface area (Å²) in [6.07, 6.45) is 1.14. The lowest BCUT2D eigenvalue weighted by Gasteiger charge is -2.38. The Bertz CT molecular complexity index is 971. The minimum atomic E-state index is -0.139. The number of piperazine rings is 1. The topological polar surface area (TPSA) is 69.5 Å². The van der Waals surface area contributed by atoms with E-state index in [1.54, 1.807) is 0 Å². The lowest BCUT2D eigenvalue weighted by Crippen LogP contribution is -2.47. The zero-order valence-corrected chi connectivity index (χ0v) is 17.2. The number of fused-ring (bicyclic) bond motifs is 1. The van der Waals surface area contributed by atoms with E-state index in [4.69, 9.17) is 9.72 Å². The molecule has 2 aliphatic rings. The van der Waals surface area contributed by atoms with Gasteiger partial charge in [0.1, 0.15) is 11.6 Å². The van der Waals surface area contributed by atoms with Gasteiger partial charge in [-0.25, -0.2) is 4.98 Å². The Morgan fingerprint density at radius 1 is 1.07 bits per heavy atom. The zero-order valence-electron chi connectivity index (χ0n) is 17.2. The van der Waals surface area contributed by atoms with Crippen LogP contribution in [0.2, 0.25) is 0 Å². The SMILES string of the molecule is COc1c(C#N)c(N2CCN(c3ccccc3)CC2)nc2c1C(=O)CC(C)(C)C2. The molecule has 1 aromatic heterocycles. The Labute approximate surface area is 171 Å². The van der Waals surface area contributed by atoms with Gasteiger partial charge in [-0.3, -0.25) is 4.79 Å². The highest BCUT2D eigenvalue weighted by molar-refractivity contribution is 6.02. The summed E-state index contributed by atoms with van der Waals surface area (Å²) < 4.78 is 5.57. The van der Waals surface area contributed by atoms with Crippen LogP contribution >= 0.6 is 0 Å². The molecule has 1 fully saturated rings. The number of nitriles is 1. The van der Waals surface area contributed by atoms with E-state index in [1.807, 2.05) is 18.2 Å². The molecule has 6 nitrogen and oxygen atoms in total. The summed E-state index contributed by atoms with van der Waals surface area (Å²) in [7, 11) is 1.53. The van der Waals surface area contributed by atoms with Gasteiger partial charge >= 0.3 is 0 Å². The number of rotatable bonds is 3. The van der Waals surface area contributed by atoms with Crippen molar-refractivity contribution in [3.05, 3.63) is 47.2 Å². The van der Waals surface area contributed by atoms with Crippen molar-refractivity contribution in [1.29, 1.82) is 5.26 Å². The average Bonchev–Trinajstić information content (AvgIpc) is 2.72. The third-order valence-corrected chi connectivity index (χ3v) is 5.79. The Morgan fingerprint density at radius 2 is 1.72 bits per heavy atom. The monoisotopic (exact) mass is 390 g/mol. The lowest BCUT2D eigenvalue weighted by atomic mass is 9.75. The summed E-state index contributed by atoms with van der Waals surface area (Å²) in [5.41, 5.74) is 2.68. The molecule has 0 bridgehead atoms. The minimum absolute atomic E-state index is 0.0116. The maximum atomic E-state index is 12.8. The van der Waals surface area contributed by atoms with Crippen LogP contribution in [0.3, 0.4) is 0 Å². The molecule has 2 heterocycles. The second-order valence-electron chi connectivity index (χ2n) is 8.53. The van der Waals surface area contributed by atoms with Gasteiger partial charge in [-0.05, 0) is 24.0 Å². The molecule has 0 unspecified atom stereocenters. The highest BCUT2D eigenvalue weighted by atomic mass is 16.5. The standard InChI is InChI=1S/C23H26N4O2/c1-23(2)13-18-20(19(28)14-23)21(29-3)17(15-24)22(25-18)27-11-9-26(10-12-27)16-7-5-4-6-8-16/h4-8H,9-14H2,1-3H3. The Morgan fingerprint density at radius 3 is 2.34 bits per heavy atom. The molecule has 1 aliphatic carbocycles. The number of pyridine rings is 1. The summed E-state index contributed by atoms with van der Waals surface area (Å²) >= 11 is 0. The number of anilines is 2. The normalized spacial score (nSPS) is 18.2. The van der Waals surface area contributed by atoms with Gasteiger partial charge < -0.3 is 14.5 Å². The lowest BCUT2D eigenvalue weighted by molar-refractivity contribution is 0.0906. The number of para-hydroxylation sites is 1. The summed E-state index contributed by atoms with van der Waals surface area (Å²) in [6, 6.07) is 12.6. The van der Waals surface area contributed by atoms with Crippen molar-refractivity contribution in [3.8, 4) is 11.8 Å². The predicted molar refractivity (Wildman–Crippen MR) is 113 cm³/mol. The first-order chi connectivity index (χ1) is 13.9. The second kappa shape index (κ2) is 7.40. The van der Waals surface area contributed by atoms with Crippen molar-refractivity contribution in [2.75, 3.05) is 43.1 Å². The maximum absolute atomic E-state index is 12.8. The molecule has 2 aromatic rings. The first-order valence-corrected chi connectivity index (χ1v) is 10.0. The number of ether oxygens (including phenoxy) is 1. The molecule has 29 heavy (non-hydrogen) atoms. The van der Waals surface area contributed by atoms with E-state index in [2.05, 4.69) is 41.8 Å². The van der Waals surface area contributed by atoms with Crippen molar-refractivity contribution in [3.63, 3.8) is 0 Å². The largest absolute Gasteiger partial charge is 0.494 e. The van der Waals surface area contributed by atoms with Crippen molar-refractivity contribution < 1.29 is 9.53 Å². The number of hydrogen-bond acceptors (Lipinski definition) is 6. The van der Waals surface area contributed by atoms with Crippen LogP contribution in [-0.4, -0.2) is 44.1 Å². The Hall–Kier alpha value is -3.07. The van der Waals surface area contributed by atoms with Crippen LogP contribution in [-0.2, 0) is 6.42 Å². The van der Waals surface area contributed by atoms with Crippen LogP contribution in [0.5, 0.6) is 5.75 Å². The first-order valence-electron chi connectivity index (χ1n) is 10.0. The van der Waals surface area contributed by atoms with Crippen molar-refractivity contribution in [1.82, 2.24) is 4.98 Å². The average molecular weight is 390 g/mol. The van der Waals surface area contributed by atoms with E-state index in [1.165, 1.54) is 12.8 Å². The molecule has 1 aliphatic heterocycles. The van der Waals surface area contributed by atoms with Crippen LogP contribution < -0.4 is 14.5 Å². The van der Waals surface area contributed by atoms with E-state index in [0.29, 0.717) is 35.5 Å². The van der Waals surface area contributed by atoms with Gasteiger partial charge in [0.25, 0.3) is 0 Å². The fourth-order valence-corrected chi connectivity index (χ4v) is 4.40. The molecule has 0 atom stereocenters. The molecule has 0 N–H and O–H groups in total. The molecule has 0 spiro atoms. The molecular formula is C23H26N4O2. The number of aromatic nitrogens is 1. The highest BCUT2D eigenvalue weighted by Crippen LogP contribution is 2.41. The van der Waals surface area contributed by atoms with Crippen molar-refractivity contribution in [2.45, 2.75) is 26.7 Å². The van der Waals surface area contributed by atoms with E-state index in [9.17, 15) is 10.1 Å². The van der Waals surface area contributed by atoms with E-state index < -0.39 is 0 Å². The van der Waals surface area contributed by atoms with Gasteiger partial charge in [0.2, 0.25) is 0 Å². The second-order valence-corrected chi connectivity index (χ2v) is 8.53. The smallest absolute Gasteiger partial charge is 0.169 e. The van der Waals surface area contributed by atoms with Crippen molar-refractivity contribution in [2.24, 2.45) is 5.41 Å². The van der Waals surface area contributed by atoms with E-state index in [0.717, 1.165) is 31.9 Å². The fraction of sp³-hybridized carbons (Fsp3) is 0.435. The third kappa shape index (κ3) is 3.53. The van der Waals surface area contributed by atoms with E-state index >= 15 is 0 Å². The number of methoxy groups -OCH3 is 1. The summed E-state index contributed by atoms with van der Waals surface area (Å²) in [5.74, 6) is 1.04. The Balaban J connectivity index is 1.68. The maximum Gasteiger partial charge on any atom is 0.169 e. The van der Waals surface area contributed by atoms with Crippen LogP contribution in [0, 0.1) is 16.7 Å². The summed E-state index contributed by atoms with van der Waals surface area (Å²) in [6.45, 7) is 7.38. The molecule has 4 rings (SSSR count). The fourth-order valence-electron chi connectivity index (χ4n) is 4.40. The molecule has 1 saturated heterocycles. The molecule has 0 amide bonds. The van der Waals surface area contributed by atoms with Crippen LogP contribution in [0.25, 0.3) is 0 Å². The highest BCUT2D eigenvalue weighted by Gasteiger charge is 2.37. The first kappa shape index (κ1) is 19.3. The van der Waals surface area contributed by atoms with Gasteiger partial charge in [-0.15, -0.1) is 0 Å². The number of ketones is 1. The number of benzene rings is 1. The molecule has 6 heteroatoms. The number of carbonyl (C=O) groups is 1. The molecule has 1 aromatic carbocycles. The van der Waals surface area contributed by atoms with Crippen molar-refractivity contribution >= 4 is 17.3 Å². The number of Topliss-reactive ketones (excluding diaryl/α,β-unsaturated/α-hetero) is 1. The molecule has 0 saturated carbocycles. The summed E-state index contributed by atoms with van der Waals surface area (Å²) in [4.78, 5) is 22.1.